The highest BCUT2D eigenvalue weighted by atomic mass is 15.4. The van der Waals surface area contributed by atoms with Gasteiger partial charge in [0.2, 0.25) is 0 Å². The lowest BCUT2D eigenvalue weighted by Gasteiger charge is -2.19. The normalized spacial score (nSPS) is 28.4. The van der Waals surface area contributed by atoms with E-state index in [1.807, 2.05) is 16.8 Å². The van der Waals surface area contributed by atoms with E-state index in [9.17, 15) is 0 Å². The van der Waals surface area contributed by atoms with Crippen LogP contribution < -0.4 is 0 Å². The Morgan fingerprint density at radius 3 is 1.89 bits per heavy atom. The van der Waals surface area contributed by atoms with E-state index in [-0.39, 0.29) is 10.8 Å². The van der Waals surface area contributed by atoms with E-state index in [0.717, 1.165) is 16.9 Å². The third-order valence-corrected chi connectivity index (χ3v) is 6.96. The van der Waals surface area contributed by atoms with Crippen molar-refractivity contribution in [3.05, 3.63) is 89.7 Å². The zero-order valence-electron chi connectivity index (χ0n) is 16.8. The van der Waals surface area contributed by atoms with Crippen LogP contribution in [-0.4, -0.2) is 15.0 Å². The van der Waals surface area contributed by atoms with E-state index in [2.05, 4.69) is 98.7 Å². The maximum Gasteiger partial charge on any atom is 0.117 e. The van der Waals surface area contributed by atoms with Crippen LogP contribution in [0.5, 0.6) is 0 Å². The summed E-state index contributed by atoms with van der Waals surface area (Å²) < 4.78 is 2.05. The van der Waals surface area contributed by atoms with Crippen LogP contribution in [0.25, 0.3) is 16.9 Å². The number of fused-ring (bicyclic) bond motifs is 1. The Morgan fingerprint density at radius 1 is 0.786 bits per heavy atom. The molecule has 0 bridgehead atoms. The smallest absolute Gasteiger partial charge is 0.117 e. The summed E-state index contributed by atoms with van der Waals surface area (Å²) in [7, 11) is 0. The number of benzene rings is 2. The highest BCUT2D eigenvalue weighted by molar-refractivity contribution is 5.67. The molecule has 0 aliphatic heterocycles. The first kappa shape index (κ1) is 17.2. The summed E-state index contributed by atoms with van der Waals surface area (Å²) in [5.74, 6) is 0.331. The second-order valence-electron chi connectivity index (χ2n) is 8.59. The molecule has 0 N–H and O–H groups in total. The van der Waals surface area contributed by atoms with Crippen molar-refractivity contribution in [2.45, 2.75) is 33.6 Å². The van der Waals surface area contributed by atoms with Gasteiger partial charge in [-0.25, -0.2) is 4.68 Å². The Hall–Kier alpha value is -2.94. The maximum atomic E-state index is 4.65. The fraction of sp³-hybridized carbons (Fsp3) is 0.280. The van der Waals surface area contributed by atoms with Gasteiger partial charge in [-0.05, 0) is 26.0 Å². The monoisotopic (exact) mass is 367 g/mol. The zero-order valence-corrected chi connectivity index (χ0v) is 16.8. The van der Waals surface area contributed by atoms with Crippen LogP contribution in [0.4, 0.5) is 0 Å². The molecule has 1 heterocycles. The molecular weight excluding hydrogens is 342 g/mol. The minimum absolute atomic E-state index is 0.0777. The predicted octanol–water partition coefficient (Wildman–Crippen LogP) is 5.95. The van der Waals surface area contributed by atoms with Gasteiger partial charge in [0, 0.05) is 22.3 Å². The van der Waals surface area contributed by atoms with Crippen LogP contribution in [0.2, 0.25) is 0 Å². The van der Waals surface area contributed by atoms with Crippen LogP contribution in [0.15, 0.2) is 84.0 Å². The van der Waals surface area contributed by atoms with Gasteiger partial charge in [-0.2, -0.15) is 0 Å². The molecule has 1 aromatic heterocycles. The number of para-hydroxylation sites is 1. The van der Waals surface area contributed by atoms with Gasteiger partial charge in [-0.3, -0.25) is 0 Å². The maximum absolute atomic E-state index is 4.65. The Bertz CT molecular complexity index is 1020. The Balaban J connectivity index is 1.74. The molecule has 2 aliphatic rings. The molecule has 2 aliphatic carbocycles. The first-order valence-electron chi connectivity index (χ1n) is 9.91. The van der Waals surface area contributed by atoms with Crippen molar-refractivity contribution in [1.82, 2.24) is 15.0 Å². The zero-order chi connectivity index (χ0) is 19.5. The second-order valence-corrected chi connectivity index (χ2v) is 8.59. The Morgan fingerprint density at radius 2 is 1.32 bits per heavy atom. The summed E-state index contributed by atoms with van der Waals surface area (Å²) in [4.78, 5) is 0. The number of hydrogen-bond donors (Lipinski definition) is 0. The van der Waals surface area contributed by atoms with Crippen LogP contribution in [0.3, 0.4) is 0 Å². The van der Waals surface area contributed by atoms with Crippen molar-refractivity contribution in [1.29, 1.82) is 0 Å². The molecule has 140 valence electrons. The molecule has 2 aromatic carbocycles. The molecule has 3 nitrogen and oxygen atoms in total. The van der Waals surface area contributed by atoms with Gasteiger partial charge < -0.3 is 0 Å². The largest absolute Gasteiger partial charge is 0.217 e. The van der Waals surface area contributed by atoms with Gasteiger partial charge in [0.1, 0.15) is 5.69 Å². The number of allylic oxidation sites excluding steroid dienone is 4. The minimum atomic E-state index is 0.0777. The van der Waals surface area contributed by atoms with Gasteiger partial charge in [-0.15, -0.1) is 5.10 Å². The lowest BCUT2D eigenvalue weighted by Crippen LogP contribution is -2.08. The average molecular weight is 367 g/mol. The summed E-state index contributed by atoms with van der Waals surface area (Å²) in [5, 5.41) is 9.26. The fourth-order valence-electron chi connectivity index (χ4n) is 5.14. The molecule has 0 radical (unpaired) electrons. The Labute approximate surface area is 166 Å². The second kappa shape index (κ2) is 5.78. The molecule has 3 aromatic rings. The Kier molecular flexibility index (Phi) is 3.54. The molecule has 1 saturated carbocycles. The summed E-state index contributed by atoms with van der Waals surface area (Å²) in [6.45, 7) is 9.19. The number of nitrogens with zero attached hydrogens (tertiary/aromatic N) is 3. The lowest BCUT2D eigenvalue weighted by molar-refractivity contribution is 0.544. The van der Waals surface area contributed by atoms with Crippen molar-refractivity contribution in [3.63, 3.8) is 0 Å². The topological polar surface area (TPSA) is 30.7 Å². The third-order valence-electron chi connectivity index (χ3n) is 6.96. The van der Waals surface area contributed by atoms with E-state index in [1.54, 1.807) is 0 Å². The molecule has 0 saturated heterocycles. The number of hydrogen-bond acceptors (Lipinski definition) is 2. The quantitative estimate of drug-likeness (QED) is 0.573. The van der Waals surface area contributed by atoms with Gasteiger partial charge in [0.15, 0.2) is 0 Å². The van der Waals surface area contributed by atoms with Crippen LogP contribution >= 0.6 is 0 Å². The molecule has 1 unspecified atom stereocenters. The summed E-state index contributed by atoms with van der Waals surface area (Å²) >= 11 is 0. The molecule has 1 fully saturated rings. The van der Waals surface area contributed by atoms with E-state index < -0.39 is 0 Å². The highest BCUT2D eigenvalue weighted by Gasteiger charge is 2.71. The molecular formula is C25H25N3. The minimum Gasteiger partial charge on any atom is -0.217 e. The van der Waals surface area contributed by atoms with E-state index in [0.29, 0.717) is 5.92 Å². The number of rotatable bonds is 3. The summed E-state index contributed by atoms with van der Waals surface area (Å²) in [6.07, 6.45) is 4.92. The third kappa shape index (κ3) is 2.22. The standard InChI is InChI=1S/C25H25N3/c1-17-15-24(3)23(25(24,4)16-18(17)2)22-21(19-11-7-5-8-12-19)26-27-28(22)20-13-9-6-10-14-20/h5-16,23H,1-4H3/t23?,24-,25+. The molecule has 3 atom stereocenters. The summed E-state index contributed by atoms with van der Waals surface area (Å²) in [5.41, 5.74) is 7.29. The lowest BCUT2D eigenvalue weighted by atomic mass is 9.85. The molecule has 28 heavy (non-hydrogen) atoms. The summed E-state index contributed by atoms with van der Waals surface area (Å²) in [6, 6.07) is 20.8. The molecule has 3 heteroatoms. The fourth-order valence-corrected chi connectivity index (χ4v) is 5.14. The van der Waals surface area contributed by atoms with Crippen molar-refractivity contribution >= 4 is 0 Å². The van der Waals surface area contributed by atoms with Crippen molar-refractivity contribution in [2.24, 2.45) is 10.8 Å². The van der Waals surface area contributed by atoms with Crippen molar-refractivity contribution < 1.29 is 0 Å². The van der Waals surface area contributed by atoms with Crippen molar-refractivity contribution in [2.75, 3.05) is 0 Å². The molecule has 0 spiro atoms. The van der Waals surface area contributed by atoms with Crippen LogP contribution in [-0.2, 0) is 0 Å². The first-order valence-corrected chi connectivity index (χ1v) is 9.91. The molecule has 0 amide bonds. The van der Waals surface area contributed by atoms with Gasteiger partial charge in [0.25, 0.3) is 0 Å². The van der Waals surface area contributed by atoms with Crippen molar-refractivity contribution in [3.8, 4) is 16.9 Å². The van der Waals surface area contributed by atoms with E-state index in [4.69, 9.17) is 0 Å². The molecule has 5 rings (SSSR count). The predicted molar refractivity (Wildman–Crippen MR) is 113 cm³/mol. The highest BCUT2D eigenvalue weighted by Crippen LogP contribution is 2.78. The SMILES string of the molecule is CC1=C[C@@]2(C)C(c3c(-c4ccccc4)nnn3-c3ccccc3)[C@@]2(C)C=C1C. The van der Waals surface area contributed by atoms with Gasteiger partial charge in [0.05, 0.1) is 11.4 Å². The van der Waals surface area contributed by atoms with E-state index >= 15 is 0 Å². The van der Waals surface area contributed by atoms with Gasteiger partial charge >= 0.3 is 0 Å². The van der Waals surface area contributed by atoms with Crippen LogP contribution in [0, 0.1) is 10.8 Å². The number of aromatic nitrogens is 3. The average Bonchev–Trinajstić information content (AvgIpc) is 3.00. The van der Waals surface area contributed by atoms with Gasteiger partial charge in [-0.1, -0.05) is 90.9 Å². The van der Waals surface area contributed by atoms with E-state index in [1.165, 1.54) is 16.8 Å². The van der Waals surface area contributed by atoms with Crippen LogP contribution in [0.1, 0.15) is 39.3 Å². The first-order chi connectivity index (χ1) is 13.5.